The lowest BCUT2D eigenvalue weighted by atomic mass is 10.2. The van der Waals surface area contributed by atoms with E-state index in [1.807, 2.05) is 5.32 Å². The number of rotatable bonds is 3. The number of aryl methyl sites for hydroxylation is 2. The molecule has 1 atom stereocenters. The Hall–Kier alpha value is -2.75. The molecule has 0 saturated heterocycles. The van der Waals surface area contributed by atoms with Crippen LogP contribution in [-0.2, 0) is 9.53 Å². The van der Waals surface area contributed by atoms with Crippen molar-refractivity contribution in [3.63, 3.8) is 0 Å². The highest BCUT2D eigenvalue weighted by Crippen LogP contribution is 2.27. The summed E-state index contributed by atoms with van der Waals surface area (Å²) in [5.74, 6) is -1.08. The van der Waals surface area contributed by atoms with E-state index in [1.165, 1.54) is 14.0 Å². The van der Waals surface area contributed by atoms with Crippen molar-refractivity contribution in [2.45, 2.75) is 26.9 Å². The van der Waals surface area contributed by atoms with Gasteiger partial charge < -0.3 is 15.0 Å². The maximum atomic E-state index is 12.3. The van der Waals surface area contributed by atoms with Gasteiger partial charge in [-0.1, -0.05) is 0 Å². The Kier molecular flexibility index (Phi) is 4.98. The average molecular weight is 352 g/mol. The molecule has 0 aliphatic heterocycles. The molecule has 0 fully saturated rings. The molecule has 2 aromatic rings. The number of carbonyl (C=O) groups is 3. The summed E-state index contributed by atoms with van der Waals surface area (Å²) in [6.07, 6.45) is -1.17. The Morgan fingerprint density at radius 1 is 1.29 bits per heavy atom. The number of carbonyl (C=O) groups excluding carboxylic acids is 3. The molecule has 128 valence electrons. The summed E-state index contributed by atoms with van der Waals surface area (Å²) in [4.78, 5) is 54.4. The highest BCUT2D eigenvalue weighted by molar-refractivity contribution is 7.20. The van der Waals surface area contributed by atoms with Crippen molar-refractivity contribution in [2.75, 3.05) is 7.05 Å². The Morgan fingerprint density at radius 2 is 1.96 bits per heavy atom. The summed E-state index contributed by atoms with van der Waals surface area (Å²) in [5, 5.41) is 4.55. The molecule has 2 heterocycles. The molecule has 0 aliphatic carbocycles. The SMILES string of the molecule is CNC(=O)NC(=O)C(C)OC(=O)c1sc2nc(C)[nH]c(=O)c2c1C. The van der Waals surface area contributed by atoms with E-state index in [9.17, 15) is 19.2 Å². The Labute approximate surface area is 140 Å². The molecule has 0 aliphatic rings. The van der Waals surface area contributed by atoms with Crippen LogP contribution in [-0.4, -0.2) is 41.0 Å². The van der Waals surface area contributed by atoms with Crippen molar-refractivity contribution < 1.29 is 19.1 Å². The number of nitrogens with zero attached hydrogens (tertiary/aromatic N) is 1. The normalized spacial score (nSPS) is 11.8. The van der Waals surface area contributed by atoms with E-state index >= 15 is 0 Å². The number of ether oxygens (including phenoxy) is 1. The monoisotopic (exact) mass is 352 g/mol. The first-order chi connectivity index (χ1) is 11.2. The van der Waals surface area contributed by atoms with Crippen LogP contribution in [0.1, 0.15) is 28.0 Å². The third-order valence-electron chi connectivity index (χ3n) is 3.22. The topological polar surface area (TPSA) is 130 Å². The van der Waals surface area contributed by atoms with Crippen LogP contribution in [0, 0.1) is 13.8 Å². The molecular formula is C14H16N4O5S. The van der Waals surface area contributed by atoms with Crippen LogP contribution in [0.15, 0.2) is 4.79 Å². The second-order valence-electron chi connectivity index (χ2n) is 5.00. The molecule has 3 amide bonds. The minimum atomic E-state index is -1.17. The number of hydrogen-bond donors (Lipinski definition) is 3. The molecule has 10 heteroatoms. The largest absolute Gasteiger partial charge is 0.448 e. The molecule has 0 aromatic carbocycles. The van der Waals surface area contributed by atoms with E-state index in [-0.39, 0.29) is 10.4 Å². The second-order valence-corrected chi connectivity index (χ2v) is 6.00. The van der Waals surface area contributed by atoms with Crippen LogP contribution in [0.3, 0.4) is 0 Å². The van der Waals surface area contributed by atoms with Gasteiger partial charge >= 0.3 is 12.0 Å². The van der Waals surface area contributed by atoms with Crippen LogP contribution in [0.25, 0.3) is 10.2 Å². The molecule has 0 radical (unpaired) electrons. The van der Waals surface area contributed by atoms with Crippen LogP contribution >= 0.6 is 11.3 Å². The molecule has 0 bridgehead atoms. The van der Waals surface area contributed by atoms with Crippen molar-refractivity contribution in [1.82, 2.24) is 20.6 Å². The summed E-state index contributed by atoms with van der Waals surface area (Å²) < 4.78 is 5.06. The first kappa shape index (κ1) is 17.6. The molecule has 3 N–H and O–H groups in total. The third-order valence-corrected chi connectivity index (χ3v) is 4.39. The number of fused-ring (bicyclic) bond motifs is 1. The fraction of sp³-hybridized carbons (Fsp3) is 0.357. The van der Waals surface area contributed by atoms with Gasteiger partial charge in [0.25, 0.3) is 11.5 Å². The van der Waals surface area contributed by atoms with Gasteiger partial charge in [-0.15, -0.1) is 11.3 Å². The number of amides is 3. The zero-order valence-corrected chi connectivity index (χ0v) is 14.3. The van der Waals surface area contributed by atoms with E-state index in [1.54, 1.807) is 13.8 Å². The van der Waals surface area contributed by atoms with Crippen molar-refractivity contribution in [3.05, 3.63) is 26.6 Å². The van der Waals surface area contributed by atoms with Gasteiger partial charge in [0.05, 0.1) is 5.39 Å². The summed E-state index contributed by atoms with van der Waals surface area (Å²) in [6, 6.07) is -0.702. The van der Waals surface area contributed by atoms with Gasteiger partial charge in [-0.05, 0) is 26.3 Å². The van der Waals surface area contributed by atoms with Gasteiger partial charge in [0.1, 0.15) is 15.5 Å². The number of H-pyrrole nitrogens is 1. The maximum Gasteiger partial charge on any atom is 0.349 e. The molecule has 0 saturated carbocycles. The van der Waals surface area contributed by atoms with E-state index in [4.69, 9.17) is 4.74 Å². The van der Waals surface area contributed by atoms with Gasteiger partial charge in [0, 0.05) is 7.05 Å². The van der Waals surface area contributed by atoms with E-state index < -0.39 is 24.0 Å². The van der Waals surface area contributed by atoms with Crippen LogP contribution in [0.2, 0.25) is 0 Å². The van der Waals surface area contributed by atoms with Crippen molar-refractivity contribution in [2.24, 2.45) is 0 Å². The fourth-order valence-electron chi connectivity index (χ4n) is 1.99. The zero-order valence-electron chi connectivity index (χ0n) is 13.5. The van der Waals surface area contributed by atoms with Crippen LogP contribution in [0.5, 0.6) is 0 Å². The van der Waals surface area contributed by atoms with E-state index in [0.29, 0.717) is 21.6 Å². The highest BCUT2D eigenvalue weighted by atomic mass is 32.1. The molecule has 2 aromatic heterocycles. The summed E-state index contributed by atoms with van der Waals surface area (Å²) in [6.45, 7) is 4.59. The molecule has 0 spiro atoms. The lowest BCUT2D eigenvalue weighted by Crippen LogP contribution is -2.43. The lowest BCUT2D eigenvalue weighted by Gasteiger charge is -2.12. The molecule has 9 nitrogen and oxygen atoms in total. The average Bonchev–Trinajstić information content (AvgIpc) is 2.83. The number of imide groups is 1. The van der Waals surface area contributed by atoms with E-state index in [2.05, 4.69) is 15.3 Å². The Balaban J connectivity index is 2.24. The number of esters is 1. The number of urea groups is 1. The number of aromatic amines is 1. The quantitative estimate of drug-likeness (QED) is 0.694. The van der Waals surface area contributed by atoms with Crippen LogP contribution in [0.4, 0.5) is 4.79 Å². The van der Waals surface area contributed by atoms with Gasteiger partial charge in [-0.3, -0.25) is 14.9 Å². The Morgan fingerprint density at radius 3 is 2.58 bits per heavy atom. The standard InChI is InChI=1S/C14H16N4O5S/c1-5-8-11(20)16-7(3)17-12(8)24-9(5)13(21)23-6(2)10(19)18-14(22)15-4/h6H,1-4H3,(H,16,17,20)(H2,15,18,19,22). The van der Waals surface area contributed by atoms with Crippen molar-refractivity contribution >= 4 is 39.5 Å². The number of hydrogen-bond acceptors (Lipinski definition) is 7. The van der Waals surface area contributed by atoms with Gasteiger partial charge in [-0.25, -0.2) is 14.6 Å². The van der Waals surface area contributed by atoms with Gasteiger partial charge in [-0.2, -0.15) is 0 Å². The molecule has 24 heavy (non-hydrogen) atoms. The summed E-state index contributed by atoms with van der Waals surface area (Å²) >= 11 is 1.02. The van der Waals surface area contributed by atoms with Crippen LogP contribution < -0.4 is 16.2 Å². The summed E-state index contributed by atoms with van der Waals surface area (Å²) in [5.41, 5.74) is 0.100. The van der Waals surface area contributed by atoms with Crippen molar-refractivity contribution in [1.29, 1.82) is 0 Å². The highest BCUT2D eigenvalue weighted by Gasteiger charge is 2.24. The third kappa shape index (κ3) is 3.43. The zero-order chi connectivity index (χ0) is 18.0. The Bertz CT molecular complexity index is 885. The van der Waals surface area contributed by atoms with Gasteiger partial charge in [0.2, 0.25) is 0 Å². The van der Waals surface area contributed by atoms with Gasteiger partial charge in [0.15, 0.2) is 6.10 Å². The minimum absolute atomic E-state index is 0.188. The lowest BCUT2D eigenvalue weighted by molar-refractivity contribution is -0.127. The number of thiophene rings is 1. The first-order valence-electron chi connectivity index (χ1n) is 6.98. The van der Waals surface area contributed by atoms with Crippen molar-refractivity contribution in [3.8, 4) is 0 Å². The maximum absolute atomic E-state index is 12.3. The smallest absolute Gasteiger partial charge is 0.349 e. The fourth-order valence-corrected chi connectivity index (χ4v) is 3.10. The number of aromatic nitrogens is 2. The first-order valence-corrected chi connectivity index (χ1v) is 7.79. The second kappa shape index (κ2) is 6.79. The predicted molar refractivity (Wildman–Crippen MR) is 87.2 cm³/mol. The molecule has 2 rings (SSSR count). The molecular weight excluding hydrogens is 336 g/mol. The summed E-state index contributed by atoms with van der Waals surface area (Å²) in [7, 11) is 1.35. The molecule has 1 unspecified atom stereocenters. The predicted octanol–water partition coefficient (Wildman–Crippen LogP) is 0.602. The van der Waals surface area contributed by atoms with E-state index in [0.717, 1.165) is 11.3 Å². The minimum Gasteiger partial charge on any atom is -0.448 e. The number of nitrogens with one attached hydrogen (secondary N) is 3.